The standard InChI is InChI=1S/C19H19Cl2N3OS/c20-13-9-14(11-16(10-13)23-5-1-6-23)22-19(25)17-12-15(3-4-18(17)21)24-7-2-8-26-24/h3-4,9-12H,1-2,5-8H2,(H,22,25). The summed E-state index contributed by atoms with van der Waals surface area (Å²) in [5.74, 6) is 0.879. The molecule has 2 saturated heterocycles. The summed E-state index contributed by atoms with van der Waals surface area (Å²) in [6, 6.07) is 11.2. The number of halogens is 2. The zero-order valence-corrected chi connectivity index (χ0v) is 16.5. The van der Waals surface area contributed by atoms with Crippen LogP contribution in [-0.4, -0.2) is 31.3 Å². The predicted octanol–water partition coefficient (Wildman–Crippen LogP) is 5.31. The van der Waals surface area contributed by atoms with Crippen molar-refractivity contribution in [2.75, 3.05) is 39.9 Å². The fourth-order valence-electron chi connectivity index (χ4n) is 3.10. The van der Waals surface area contributed by atoms with Crippen LogP contribution in [0.25, 0.3) is 0 Å². The first-order valence-corrected chi connectivity index (χ1v) is 10.4. The SMILES string of the molecule is O=C(Nc1cc(Cl)cc(N2CCC2)c1)c1cc(N2CCCS2)ccc1Cl. The van der Waals surface area contributed by atoms with Crippen molar-refractivity contribution in [3.63, 3.8) is 0 Å². The van der Waals surface area contributed by atoms with Crippen molar-refractivity contribution in [2.24, 2.45) is 0 Å². The lowest BCUT2D eigenvalue weighted by molar-refractivity contribution is 0.102. The van der Waals surface area contributed by atoms with Crippen LogP contribution < -0.4 is 14.5 Å². The molecular weight excluding hydrogens is 389 g/mol. The summed E-state index contributed by atoms with van der Waals surface area (Å²) in [6.07, 6.45) is 2.34. The molecule has 26 heavy (non-hydrogen) atoms. The molecule has 0 saturated carbocycles. The number of rotatable bonds is 4. The molecule has 0 spiro atoms. The third-order valence-electron chi connectivity index (χ3n) is 4.60. The van der Waals surface area contributed by atoms with Crippen molar-refractivity contribution in [1.29, 1.82) is 0 Å². The molecule has 2 aliphatic heterocycles. The first-order valence-electron chi connectivity index (χ1n) is 8.67. The molecular formula is C19H19Cl2N3OS. The molecule has 2 aliphatic rings. The first kappa shape index (κ1) is 17.8. The van der Waals surface area contributed by atoms with E-state index >= 15 is 0 Å². The van der Waals surface area contributed by atoms with Crippen LogP contribution in [0.5, 0.6) is 0 Å². The summed E-state index contributed by atoms with van der Waals surface area (Å²) >= 11 is 14.3. The van der Waals surface area contributed by atoms with Gasteiger partial charge < -0.3 is 14.5 Å². The molecule has 0 bridgehead atoms. The van der Waals surface area contributed by atoms with Gasteiger partial charge in [-0.2, -0.15) is 0 Å². The number of carbonyl (C=O) groups is 1. The second kappa shape index (κ2) is 7.59. The molecule has 0 aromatic heterocycles. The Morgan fingerprint density at radius 1 is 1.00 bits per heavy atom. The maximum Gasteiger partial charge on any atom is 0.257 e. The maximum atomic E-state index is 12.8. The molecule has 4 nitrogen and oxygen atoms in total. The van der Waals surface area contributed by atoms with E-state index < -0.39 is 0 Å². The summed E-state index contributed by atoms with van der Waals surface area (Å²) < 4.78 is 2.20. The van der Waals surface area contributed by atoms with Crippen LogP contribution >= 0.6 is 35.1 Å². The number of anilines is 3. The van der Waals surface area contributed by atoms with Gasteiger partial charge in [-0.05, 0) is 61.2 Å². The zero-order chi connectivity index (χ0) is 18.1. The smallest absolute Gasteiger partial charge is 0.257 e. The van der Waals surface area contributed by atoms with E-state index in [1.54, 1.807) is 24.1 Å². The van der Waals surface area contributed by atoms with Crippen molar-refractivity contribution in [3.8, 4) is 0 Å². The molecule has 0 aliphatic carbocycles. The Morgan fingerprint density at radius 2 is 1.85 bits per heavy atom. The highest BCUT2D eigenvalue weighted by molar-refractivity contribution is 8.00. The minimum absolute atomic E-state index is 0.224. The topological polar surface area (TPSA) is 35.6 Å². The van der Waals surface area contributed by atoms with Crippen molar-refractivity contribution >= 4 is 58.1 Å². The van der Waals surface area contributed by atoms with Crippen molar-refractivity contribution in [3.05, 3.63) is 52.0 Å². The molecule has 4 rings (SSSR count). The summed E-state index contributed by atoms with van der Waals surface area (Å²) in [5.41, 5.74) is 3.20. The van der Waals surface area contributed by atoms with Gasteiger partial charge in [0.2, 0.25) is 0 Å². The van der Waals surface area contributed by atoms with Crippen molar-refractivity contribution in [2.45, 2.75) is 12.8 Å². The van der Waals surface area contributed by atoms with Gasteiger partial charge in [0.1, 0.15) is 0 Å². The number of carbonyl (C=O) groups excluding carboxylic acids is 1. The average Bonchev–Trinajstić information content (AvgIpc) is 3.07. The molecule has 1 amide bonds. The van der Waals surface area contributed by atoms with Crippen molar-refractivity contribution < 1.29 is 4.79 Å². The van der Waals surface area contributed by atoms with Gasteiger partial charge >= 0.3 is 0 Å². The summed E-state index contributed by atoms with van der Waals surface area (Å²) in [6.45, 7) is 3.03. The minimum atomic E-state index is -0.224. The summed E-state index contributed by atoms with van der Waals surface area (Å²) in [4.78, 5) is 15.0. The lowest BCUT2D eigenvalue weighted by Gasteiger charge is -2.33. The third kappa shape index (κ3) is 3.75. The molecule has 0 atom stereocenters. The van der Waals surface area contributed by atoms with Crippen LogP contribution in [0.2, 0.25) is 10.0 Å². The minimum Gasteiger partial charge on any atom is -0.371 e. The van der Waals surface area contributed by atoms with Gasteiger partial charge in [-0.25, -0.2) is 0 Å². The van der Waals surface area contributed by atoms with E-state index in [1.165, 1.54) is 6.42 Å². The van der Waals surface area contributed by atoms with Gasteiger partial charge in [-0.3, -0.25) is 4.79 Å². The molecule has 2 aromatic rings. The van der Waals surface area contributed by atoms with Crippen LogP contribution in [0.1, 0.15) is 23.2 Å². The van der Waals surface area contributed by atoms with Crippen LogP contribution in [-0.2, 0) is 0 Å². The third-order valence-corrected chi connectivity index (χ3v) is 6.32. The Kier molecular flexibility index (Phi) is 5.20. The molecule has 7 heteroatoms. The van der Waals surface area contributed by atoms with E-state index in [1.807, 2.05) is 24.3 Å². The molecule has 2 fully saturated rings. The molecule has 0 radical (unpaired) electrons. The molecule has 136 valence electrons. The highest BCUT2D eigenvalue weighted by Gasteiger charge is 2.19. The highest BCUT2D eigenvalue weighted by Crippen LogP contribution is 2.32. The first-order chi connectivity index (χ1) is 12.6. The second-order valence-electron chi connectivity index (χ2n) is 6.45. The van der Waals surface area contributed by atoms with Gasteiger partial charge in [0.25, 0.3) is 5.91 Å². The Morgan fingerprint density at radius 3 is 2.54 bits per heavy atom. The van der Waals surface area contributed by atoms with Crippen LogP contribution in [0.3, 0.4) is 0 Å². The summed E-state index contributed by atoms with van der Waals surface area (Å²) in [5, 5.41) is 4.00. The van der Waals surface area contributed by atoms with E-state index in [4.69, 9.17) is 23.2 Å². The number of hydrogen-bond donors (Lipinski definition) is 1. The summed E-state index contributed by atoms with van der Waals surface area (Å²) in [7, 11) is 0. The van der Waals surface area contributed by atoms with Gasteiger partial charge in [-0.1, -0.05) is 23.2 Å². The number of benzene rings is 2. The van der Waals surface area contributed by atoms with Gasteiger partial charge in [-0.15, -0.1) is 0 Å². The molecule has 2 aromatic carbocycles. The van der Waals surface area contributed by atoms with E-state index in [0.29, 0.717) is 21.3 Å². The largest absolute Gasteiger partial charge is 0.371 e. The van der Waals surface area contributed by atoms with Crippen LogP contribution in [0, 0.1) is 0 Å². The van der Waals surface area contributed by atoms with Gasteiger partial charge in [0.05, 0.1) is 10.6 Å². The number of hydrogen-bond acceptors (Lipinski definition) is 4. The quantitative estimate of drug-likeness (QED) is 0.696. The zero-order valence-electron chi connectivity index (χ0n) is 14.2. The van der Waals surface area contributed by atoms with Gasteiger partial charge in [0, 0.05) is 47.5 Å². The van der Waals surface area contributed by atoms with E-state index in [0.717, 1.165) is 43.2 Å². The lowest BCUT2D eigenvalue weighted by Crippen LogP contribution is -2.36. The maximum absolute atomic E-state index is 12.8. The van der Waals surface area contributed by atoms with Crippen LogP contribution in [0.15, 0.2) is 36.4 Å². The number of amides is 1. The monoisotopic (exact) mass is 407 g/mol. The molecule has 1 N–H and O–H groups in total. The Bertz CT molecular complexity index is 836. The average molecular weight is 408 g/mol. The Labute approximate surface area is 167 Å². The van der Waals surface area contributed by atoms with Gasteiger partial charge in [0.15, 0.2) is 0 Å². The van der Waals surface area contributed by atoms with E-state index in [2.05, 4.69) is 14.5 Å². The van der Waals surface area contributed by atoms with E-state index in [-0.39, 0.29) is 5.91 Å². The Balaban J connectivity index is 1.56. The predicted molar refractivity (Wildman–Crippen MR) is 112 cm³/mol. The number of nitrogens with one attached hydrogen (secondary N) is 1. The van der Waals surface area contributed by atoms with E-state index in [9.17, 15) is 4.79 Å². The van der Waals surface area contributed by atoms with Crippen LogP contribution in [0.4, 0.5) is 17.1 Å². The fraction of sp³-hybridized carbons (Fsp3) is 0.316. The normalized spacial score (nSPS) is 16.5. The fourth-order valence-corrected chi connectivity index (χ4v) is 4.53. The Hall–Kier alpha value is -1.56. The number of nitrogens with zero attached hydrogens (tertiary/aromatic N) is 2. The van der Waals surface area contributed by atoms with Crippen molar-refractivity contribution in [1.82, 2.24) is 0 Å². The highest BCUT2D eigenvalue weighted by atomic mass is 35.5. The molecule has 2 heterocycles. The molecule has 0 unspecified atom stereocenters. The second-order valence-corrected chi connectivity index (χ2v) is 8.40. The lowest BCUT2D eigenvalue weighted by atomic mass is 10.1.